The van der Waals surface area contributed by atoms with Gasteiger partial charge in [-0.1, -0.05) is 0 Å². The molecule has 1 aliphatic heterocycles. The van der Waals surface area contributed by atoms with Crippen LogP contribution in [0.1, 0.15) is 25.7 Å². The molecule has 1 unspecified atom stereocenters. The highest BCUT2D eigenvalue weighted by atomic mass is 16.4. The molecule has 0 aromatic heterocycles. The van der Waals surface area contributed by atoms with Crippen molar-refractivity contribution in [3.63, 3.8) is 0 Å². The number of nitrogens with two attached hydrogens (primary N) is 1. The number of amides is 2. The molecule has 1 fully saturated rings. The van der Waals surface area contributed by atoms with Gasteiger partial charge in [0, 0.05) is 19.4 Å². The van der Waals surface area contributed by atoms with Crippen molar-refractivity contribution in [3.8, 4) is 0 Å². The van der Waals surface area contributed by atoms with Gasteiger partial charge in [-0.25, -0.2) is 0 Å². The van der Waals surface area contributed by atoms with E-state index in [1.807, 2.05) is 0 Å². The largest absolute Gasteiger partial charge is 0.480 e. The van der Waals surface area contributed by atoms with Gasteiger partial charge in [0.1, 0.15) is 6.04 Å². The van der Waals surface area contributed by atoms with Gasteiger partial charge < -0.3 is 31.7 Å². The average Bonchev–Trinajstić information content (AvgIpc) is 2.97. The van der Waals surface area contributed by atoms with Crippen LogP contribution in [0.5, 0.6) is 0 Å². The third kappa shape index (κ3) is 10.7. The Labute approximate surface area is 122 Å². The molecule has 1 aliphatic rings. The lowest BCUT2D eigenvalue weighted by atomic mass is 10.2. The van der Waals surface area contributed by atoms with Crippen molar-refractivity contribution in [2.75, 3.05) is 19.7 Å². The summed E-state index contributed by atoms with van der Waals surface area (Å²) < 4.78 is 0. The molecule has 1 heterocycles. The van der Waals surface area contributed by atoms with Crippen LogP contribution >= 0.6 is 0 Å². The van der Waals surface area contributed by atoms with Gasteiger partial charge in [-0.2, -0.15) is 0 Å². The summed E-state index contributed by atoms with van der Waals surface area (Å²) in [7, 11) is 0. The topological polar surface area (TPSA) is 162 Å². The molecule has 1 saturated heterocycles. The highest BCUT2D eigenvalue weighted by Gasteiger charge is 2.20. The van der Waals surface area contributed by atoms with Crippen LogP contribution in [0, 0.1) is 0 Å². The molecule has 0 saturated carbocycles. The van der Waals surface area contributed by atoms with Crippen molar-refractivity contribution in [1.29, 1.82) is 0 Å². The van der Waals surface area contributed by atoms with Gasteiger partial charge in [-0.05, 0) is 19.4 Å². The third-order valence-corrected chi connectivity index (χ3v) is 2.70. The zero-order valence-electron chi connectivity index (χ0n) is 11.7. The molecule has 0 aromatic carbocycles. The van der Waals surface area contributed by atoms with Crippen LogP contribution in [0.4, 0.5) is 0 Å². The molecule has 2 atom stereocenters. The van der Waals surface area contributed by atoms with E-state index in [2.05, 4.69) is 10.6 Å². The molecular weight excluding hydrogens is 282 g/mol. The van der Waals surface area contributed by atoms with E-state index in [1.54, 1.807) is 0 Å². The van der Waals surface area contributed by atoms with Crippen LogP contribution in [0.25, 0.3) is 0 Å². The van der Waals surface area contributed by atoms with E-state index >= 15 is 0 Å². The predicted octanol–water partition coefficient (Wildman–Crippen LogP) is -2.46. The van der Waals surface area contributed by atoms with Gasteiger partial charge in [0.15, 0.2) is 0 Å². The van der Waals surface area contributed by atoms with Crippen LogP contribution in [0.3, 0.4) is 0 Å². The Balaban J connectivity index is 0.000000423. The lowest BCUT2D eigenvalue weighted by Gasteiger charge is -2.07. The Morgan fingerprint density at radius 1 is 1.33 bits per heavy atom. The molecule has 21 heavy (non-hydrogen) atoms. The number of nitrogens with one attached hydrogen (secondary N) is 2. The van der Waals surface area contributed by atoms with Gasteiger partial charge >= 0.3 is 5.97 Å². The highest BCUT2D eigenvalue weighted by Crippen LogP contribution is 2.03. The molecule has 122 valence electrons. The molecule has 7 N–H and O–H groups in total. The smallest absolute Gasteiger partial charge is 0.320 e. The number of primary amides is 1. The summed E-state index contributed by atoms with van der Waals surface area (Å²) in [5.74, 6) is -1.63. The summed E-state index contributed by atoms with van der Waals surface area (Å²) in [4.78, 5) is 31.2. The Kier molecular flexibility index (Phi) is 10.1. The Morgan fingerprint density at radius 2 is 2.00 bits per heavy atom. The second-order valence-electron chi connectivity index (χ2n) is 4.59. The van der Waals surface area contributed by atoms with Crippen LogP contribution in [0.15, 0.2) is 0 Å². The highest BCUT2D eigenvalue weighted by molar-refractivity contribution is 5.82. The molecule has 0 radical (unpaired) electrons. The lowest BCUT2D eigenvalue weighted by Crippen LogP contribution is -2.34. The molecule has 0 bridgehead atoms. The van der Waals surface area contributed by atoms with E-state index < -0.39 is 24.6 Å². The number of carboxylic acid groups (broad SMARTS) is 1. The van der Waals surface area contributed by atoms with E-state index in [4.69, 9.17) is 21.1 Å². The number of aliphatic carboxylic acids is 1. The number of carbonyl (C=O) groups excluding carboxylic acids is 2. The minimum absolute atomic E-state index is 0.00742. The number of carbonyl (C=O) groups is 3. The first-order valence-corrected chi connectivity index (χ1v) is 6.67. The third-order valence-electron chi connectivity index (χ3n) is 2.70. The quantitative estimate of drug-likeness (QED) is 0.304. The normalized spacial score (nSPS) is 18.3. The van der Waals surface area contributed by atoms with E-state index in [-0.39, 0.29) is 31.3 Å². The van der Waals surface area contributed by atoms with Crippen LogP contribution in [-0.4, -0.2) is 64.9 Å². The minimum Gasteiger partial charge on any atom is -0.480 e. The van der Waals surface area contributed by atoms with E-state index in [1.165, 1.54) is 0 Å². The lowest BCUT2D eigenvalue weighted by molar-refractivity contribution is -0.139. The Morgan fingerprint density at radius 3 is 2.38 bits per heavy atom. The molecule has 1 rings (SSSR count). The molecule has 0 aromatic rings. The zero-order chi connectivity index (χ0) is 16.3. The Hall–Kier alpha value is -1.71. The summed E-state index contributed by atoms with van der Waals surface area (Å²) in [6, 6.07) is -0.269. The first-order valence-electron chi connectivity index (χ1n) is 6.67. The molecular formula is C12H23N3O6. The van der Waals surface area contributed by atoms with Gasteiger partial charge in [-0.15, -0.1) is 0 Å². The standard InChI is InChI=1S/C7H14N2O4.C5H9NO2/c8-6(12)1-2-7(13)9-3-5(11)4-10;7-5(8)4-2-1-3-6-4/h5,10-11H,1-4H2,(H2,8,12)(H,9,13);4,6H,1-3H2,(H,7,8)/t;4-/m.0/s1. The van der Waals surface area contributed by atoms with Crippen LogP contribution < -0.4 is 16.4 Å². The van der Waals surface area contributed by atoms with Gasteiger partial charge in [0.2, 0.25) is 11.8 Å². The first kappa shape index (κ1) is 19.3. The second kappa shape index (κ2) is 11.0. The van der Waals surface area contributed by atoms with Crippen LogP contribution in [0.2, 0.25) is 0 Å². The number of hydrogen-bond donors (Lipinski definition) is 6. The Bertz CT molecular complexity index is 344. The van der Waals surface area contributed by atoms with E-state index in [0.717, 1.165) is 19.4 Å². The SMILES string of the molecule is NC(=O)CCC(=O)NCC(O)CO.O=C(O)[C@@H]1CCCN1. The summed E-state index contributed by atoms with van der Waals surface area (Å²) in [5.41, 5.74) is 4.81. The van der Waals surface area contributed by atoms with Crippen LogP contribution in [-0.2, 0) is 14.4 Å². The maximum absolute atomic E-state index is 10.9. The molecule has 0 aliphatic carbocycles. The molecule has 9 heteroatoms. The number of aliphatic hydroxyl groups is 2. The van der Waals surface area contributed by atoms with Crippen molar-refractivity contribution in [2.24, 2.45) is 5.73 Å². The monoisotopic (exact) mass is 305 g/mol. The summed E-state index contributed by atoms with van der Waals surface area (Å²) in [6.45, 7) is 0.432. The average molecular weight is 305 g/mol. The number of hydrogen-bond acceptors (Lipinski definition) is 6. The first-order chi connectivity index (χ1) is 9.86. The maximum atomic E-state index is 10.9. The van der Waals surface area contributed by atoms with Crippen molar-refractivity contribution in [2.45, 2.75) is 37.8 Å². The number of rotatable bonds is 7. The molecule has 2 amide bonds. The van der Waals surface area contributed by atoms with Gasteiger partial charge in [0.05, 0.1) is 12.7 Å². The second-order valence-corrected chi connectivity index (χ2v) is 4.59. The fourth-order valence-corrected chi connectivity index (χ4v) is 1.52. The predicted molar refractivity (Wildman–Crippen MR) is 73.2 cm³/mol. The van der Waals surface area contributed by atoms with Gasteiger partial charge in [0.25, 0.3) is 0 Å². The number of carboxylic acids is 1. The van der Waals surface area contributed by atoms with Crippen molar-refractivity contribution >= 4 is 17.8 Å². The summed E-state index contributed by atoms with van der Waals surface area (Å²) in [5, 5.41) is 30.8. The number of aliphatic hydroxyl groups excluding tert-OH is 2. The van der Waals surface area contributed by atoms with Crippen molar-refractivity contribution in [1.82, 2.24) is 10.6 Å². The fourth-order valence-electron chi connectivity index (χ4n) is 1.52. The summed E-state index contributed by atoms with van der Waals surface area (Å²) >= 11 is 0. The zero-order valence-corrected chi connectivity index (χ0v) is 11.7. The van der Waals surface area contributed by atoms with Crippen molar-refractivity contribution in [3.05, 3.63) is 0 Å². The van der Waals surface area contributed by atoms with Crippen molar-refractivity contribution < 1.29 is 29.7 Å². The fraction of sp³-hybridized carbons (Fsp3) is 0.750. The molecule has 9 nitrogen and oxygen atoms in total. The van der Waals surface area contributed by atoms with E-state index in [0.29, 0.717) is 0 Å². The van der Waals surface area contributed by atoms with E-state index in [9.17, 15) is 14.4 Å². The summed E-state index contributed by atoms with van der Waals surface area (Å²) in [6.07, 6.45) is 0.818. The minimum atomic E-state index is -0.961. The van der Waals surface area contributed by atoms with Gasteiger partial charge in [-0.3, -0.25) is 14.4 Å². The maximum Gasteiger partial charge on any atom is 0.320 e. The molecule has 0 spiro atoms.